The minimum atomic E-state index is -0.384. The Morgan fingerprint density at radius 1 is 1.03 bits per heavy atom. The lowest BCUT2D eigenvalue weighted by molar-refractivity contribution is -0.158. The molecule has 2 bridgehead atoms. The van der Waals surface area contributed by atoms with Crippen LogP contribution in [0.2, 0.25) is 0 Å². The van der Waals surface area contributed by atoms with Crippen LogP contribution < -0.4 is 5.32 Å². The Kier molecular flexibility index (Phi) is 6.43. The smallest absolute Gasteiger partial charge is 0.312 e. The van der Waals surface area contributed by atoms with Gasteiger partial charge in [-0.05, 0) is 82.6 Å². The number of ether oxygens (including phenoxy) is 1. The zero-order valence-corrected chi connectivity index (χ0v) is 21.9. The number of fused-ring (bicyclic) bond motifs is 5. The first kappa shape index (κ1) is 24.0. The summed E-state index contributed by atoms with van der Waals surface area (Å²) in [5, 5.41) is 4.30. The summed E-state index contributed by atoms with van der Waals surface area (Å²) in [5.74, 6) is -0.120. The number of carbonyl (C=O) groups excluding carboxylic acids is 2. The third kappa shape index (κ3) is 4.37. The van der Waals surface area contributed by atoms with Gasteiger partial charge in [-0.25, -0.2) is 4.98 Å². The van der Waals surface area contributed by atoms with E-state index < -0.39 is 0 Å². The van der Waals surface area contributed by atoms with Crippen LogP contribution in [0.5, 0.6) is 0 Å². The maximum Gasteiger partial charge on any atom is 0.312 e. The van der Waals surface area contributed by atoms with E-state index in [1.54, 1.807) is 0 Å². The first-order chi connectivity index (χ1) is 16.9. The van der Waals surface area contributed by atoms with Crippen molar-refractivity contribution in [1.29, 1.82) is 0 Å². The quantitative estimate of drug-likeness (QED) is 0.367. The Labute approximate surface area is 214 Å². The molecule has 0 saturated heterocycles. The van der Waals surface area contributed by atoms with Gasteiger partial charge in [0, 0.05) is 21.0 Å². The summed E-state index contributed by atoms with van der Waals surface area (Å²) in [6.45, 7) is 4.26. The third-order valence-electron chi connectivity index (χ3n) is 8.03. The number of nitrogens with one attached hydrogen (secondary N) is 1. The van der Waals surface area contributed by atoms with Crippen LogP contribution in [-0.2, 0) is 9.53 Å². The van der Waals surface area contributed by atoms with E-state index in [0.29, 0.717) is 12.2 Å². The highest BCUT2D eigenvalue weighted by atomic mass is 79.9. The number of halogens is 1. The van der Waals surface area contributed by atoms with Crippen LogP contribution in [0.4, 0.5) is 0 Å². The predicted molar refractivity (Wildman–Crippen MR) is 141 cm³/mol. The Hall–Kier alpha value is -2.73. The largest absolute Gasteiger partial charge is 0.466 e. The van der Waals surface area contributed by atoms with Crippen molar-refractivity contribution in [1.82, 2.24) is 10.3 Å². The summed E-state index contributed by atoms with van der Waals surface area (Å²) in [4.78, 5) is 31.7. The zero-order chi connectivity index (χ0) is 24.6. The molecule has 0 radical (unpaired) electrons. The van der Waals surface area contributed by atoms with E-state index in [9.17, 15) is 9.59 Å². The van der Waals surface area contributed by atoms with Gasteiger partial charge in [-0.15, -0.1) is 0 Å². The molecular weight excluding hydrogens is 504 g/mol. The van der Waals surface area contributed by atoms with Gasteiger partial charge in [0.05, 0.1) is 28.8 Å². The number of aromatic nitrogens is 1. The SMILES string of the molecule is CCOC(=O)C12CCCC(NC(=O)c3c(C)c(-c4ccccc4)nc4ccc(Br)cc34)(CC1)CC2. The monoisotopic (exact) mass is 534 g/mol. The van der Waals surface area contributed by atoms with Crippen molar-refractivity contribution in [3.05, 3.63) is 64.1 Å². The van der Waals surface area contributed by atoms with Crippen molar-refractivity contribution in [2.75, 3.05) is 6.61 Å². The average molecular weight is 535 g/mol. The molecule has 1 amide bonds. The zero-order valence-electron chi connectivity index (χ0n) is 20.3. The highest BCUT2D eigenvalue weighted by Crippen LogP contribution is 2.50. The molecular formula is C29H31BrN2O3. The molecule has 3 saturated carbocycles. The van der Waals surface area contributed by atoms with Gasteiger partial charge in [0.1, 0.15) is 0 Å². The van der Waals surface area contributed by atoms with Crippen molar-refractivity contribution in [2.45, 2.75) is 64.3 Å². The first-order valence-electron chi connectivity index (χ1n) is 12.5. The molecule has 3 aliphatic rings. The van der Waals surface area contributed by atoms with Gasteiger partial charge in [0.25, 0.3) is 5.91 Å². The van der Waals surface area contributed by atoms with Gasteiger partial charge in [-0.3, -0.25) is 9.59 Å². The second-order valence-corrected chi connectivity index (χ2v) is 11.0. The van der Waals surface area contributed by atoms with Gasteiger partial charge in [-0.1, -0.05) is 46.3 Å². The molecule has 2 aromatic carbocycles. The van der Waals surface area contributed by atoms with Crippen LogP contribution in [0.3, 0.4) is 0 Å². The third-order valence-corrected chi connectivity index (χ3v) is 8.52. The van der Waals surface area contributed by atoms with E-state index in [1.807, 2.05) is 62.4 Å². The number of amides is 1. The minimum absolute atomic E-state index is 0.0595. The van der Waals surface area contributed by atoms with Crippen LogP contribution in [-0.4, -0.2) is 29.0 Å². The van der Waals surface area contributed by atoms with Crippen molar-refractivity contribution >= 4 is 38.7 Å². The Bertz CT molecular complexity index is 1280. The van der Waals surface area contributed by atoms with Crippen molar-refractivity contribution in [3.8, 4) is 11.3 Å². The lowest BCUT2D eigenvalue weighted by Crippen LogP contribution is -2.51. The van der Waals surface area contributed by atoms with E-state index in [-0.39, 0.29) is 22.8 Å². The topological polar surface area (TPSA) is 68.3 Å². The summed E-state index contributed by atoms with van der Waals surface area (Å²) in [6, 6.07) is 15.9. The summed E-state index contributed by atoms with van der Waals surface area (Å²) in [5.41, 5.74) is 3.50. The van der Waals surface area contributed by atoms with Gasteiger partial charge in [-0.2, -0.15) is 0 Å². The summed E-state index contributed by atoms with van der Waals surface area (Å²) in [7, 11) is 0. The van der Waals surface area contributed by atoms with Crippen molar-refractivity contribution in [3.63, 3.8) is 0 Å². The number of rotatable bonds is 5. The van der Waals surface area contributed by atoms with Gasteiger partial charge >= 0.3 is 5.97 Å². The number of pyridine rings is 1. The summed E-state index contributed by atoms with van der Waals surface area (Å²) < 4.78 is 6.35. The summed E-state index contributed by atoms with van der Waals surface area (Å²) in [6.07, 6.45) is 5.77. The first-order valence-corrected chi connectivity index (χ1v) is 13.3. The summed E-state index contributed by atoms with van der Waals surface area (Å²) >= 11 is 3.57. The normalized spacial score (nSPS) is 23.6. The molecule has 0 aliphatic heterocycles. The lowest BCUT2D eigenvalue weighted by atomic mass is 9.68. The predicted octanol–water partition coefficient (Wildman–Crippen LogP) is 6.75. The molecule has 182 valence electrons. The molecule has 0 spiro atoms. The van der Waals surface area contributed by atoms with Crippen LogP contribution in [0.1, 0.15) is 67.8 Å². The maximum absolute atomic E-state index is 14.0. The number of nitrogens with zero attached hydrogens (tertiary/aromatic N) is 1. The molecule has 3 aromatic rings. The highest BCUT2D eigenvalue weighted by Gasteiger charge is 2.51. The van der Waals surface area contributed by atoms with E-state index in [1.165, 1.54) is 0 Å². The molecule has 1 N–H and O–H groups in total. The number of esters is 1. The molecule has 0 unspecified atom stereocenters. The molecule has 3 aliphatic carbocycles. The molecule has 6 rings (SSSR count). The number of carbonyl (C=O) groups is 2. The van der Waals surface area contributed by atoms with E-state index in [4.69, 9.17) is 9.72 Å². The maximum atomic E-state index is 14.0. The minimum Gasteiger partial charge on any atom is -0.466 e. The Morgan fingerprint density at radius 2 is 1.77 bits per heavy atom. The molecule has 5 nitrogen and oxygen atoms in total. The average Bonchev–Trinajstić information content (AvgIpc) is 3.15. The molecule has 0 atom stereocenters. The molecule has 3 fully saturated rings. The number of hydrogen-bond donors (Lipinski definition) is 1. The van der Waals surface area contributed by atoms with Crippen LogP contribution in [0.25, 0.3) is 22.2 Å². The Balaban J connectivity index is 1.51. The number of benzene rings is 2. The van der Waals surface area contributed by atoms with Crippen LogP contribution in [0.15, 0.2) is 53.0 Å². The second-order valence-electron chi connectivity index (χ2n) is 10.1. The lowest BCUT2D eigenvalue weighted by Gasteiger charge is -2.42. The fourth-order valence-electron chi connectivity index (χ4n) is 6.05. The van der Waals surface area contributed by atoms with Crippen molar-refractivity contribution < 1.29 is 14.3 Å². The van der Waals surface area contributed by atoms with Gasteiger partial charge in [0.15, 0.2) is 0 Å². The molecule has 35 heavy (non-hydrogen) atoms. The Morgan fingerprint density at radius 3 is 2.49 bits per heavy atom. The van der Waals surface area contributed by atoms with Crippen molar-refractivity contribution in [2.24, 2.45) is 5.41 Å². The van der Waals surface area contributed by atoms with E-state index in [0.717, 1.165) is 77.1 Å². The van der Waals surface area contributed by atoms with Gasteiger partial charge < -0.3 is 10.1 Å². The molecule has 1 heterocycles. The van der Waals surface area contributed by atoms with Gasteiger partial charge in [0.2, 0.25) is 0 Å². The van der Waals surface area contributed by atoms with E-state index >= 15 is 0 Å². The second kappa shape index (κ2) is 9.38. The fourth-order valence-corrected chi connectivity index (χ4v) is 6.41. The van der Waals surface area contributed by atoms with Crippen LogP contribution >= 0.6 is 15.9 Å². The molecule has 1 aromatic heterocycles. The number of hydrogen-bond acceptors (Lipinski definition) is 4. The standard InChI is InChI=1S/C29H31BrN2O3/c1-3-35-27(34)28-12-7-13-29(16-14-28,17-15-28)32-26(33)24-19(2)25(20-8-5-4-6-9-20)31-23-11-10-21(30)18-22(23)24/h4-6,8-11,18H,3,7,12-17H2,1-2H3,(H,32,33). The highest BCUT2D eigenvalue weighted by molar-refractivity contribution is 9.10. The fraction of sp³-hybridized carbons (Fsp3) is 0.414. The molecule has 6 heteroatoms. The van der Waals surface area contributed by atoms with Crippen LogP contribution in [0, 0.1) is 12.3 Å². The van der Waals surface area contributed by atoms with E-state index in [2.05, 4.69) is 21.2 Å².